The quantitative estimate of drug-likeness (QED) is 0.832. The summed E-state index contributed by atoms with van der Waals surface area (Å²) in [6.45, 7) is 3.96. The van der Waals surface area contributed by atoms with Crippen LogP contribution in [0, 0.1) is 6.92 Å². The molecule has 0 atom stereocenters. The molecule has 104 valence electrons. The molecule has 20 heavy (non-hydrogen) atoms. The molecule has 2 rings (SSSR count). The molecule has 0 saturated heterocycles. The molecule has 0 saturated carbocycles. The van der Waals surface area contributed by atoms with Crippen molar-refractivity contribution in [3.63, 3.8) is 0 Å². The van der Waals surface area contributed by atoms with Gasteiger partial charge in [0.2, 0.25) is 0 Å². The van der Waals surface area contributed by atoms with Crippen LogP contribution in [-0.4, -0.2) is 6.03 Å². The highest BCUT2D eigenvalue weighted by molar-refractivity contribution is 6.31. The van der Waals surface area contributed by atoms with Gasteiger partial charge in [-0.15, -0.1) is 0 Å². The molecule has 0 fully saturated rings. The number of benzene rings is 2. The van der Waals surface area contributed by atoms with E-state index in [9.17, 15) is 4.79 Å². The van der Waals surface area contributed by atoms with Crippen molar-refractivity contribution < 1.29 is 4.79 Å². The number of carbonyl (C=O) groups excluding carboxylic acids is 1. The summed E-state index contributed by atoms with van der Waals surface area (Å²) in [4.78, 5) is 11.9. The van der Waals surface area contributed by atoms with E-state index in [0.29, 0.717) is 10.7 Å². The van der Waals surface area contributed by atoms with Crippen LogP contribution in [0.15, 0.2) is 42.5 Å². The fourth-order valence-electron chi connectivity index (χ4n) is 1.85. The highest BCUT2D eigenvalue weighted by Gasteiger charge is 2.06. The Hall–Kier alpha value is -2.00. The normalized spacial score (nSPS) is 10.2. The highest BCUT2D eigenvalue weighted by Crippen LogP contribution is 2.23. The van der Waals surface area contributed by atoms with E-state index in [1.807, 2.05) is 37.3 Å². The topological polar surface area (TPSA) is 41.1 Å². The molecule has 0 aliphatic heterocycles. The van der Waals surface area contributed by atoms with Crippen LogP contribution in [0.5, 0.6) is 0 Å². The molecule has 4 heteroatoms. The van der Waals surface area contributed by atoms with Crippen LogP contribution in [-0.2, 0) is 6.42 Å². The summed E-state index contributed by atoms with van der Waals surface area (Å²) >= 11 is 6.02. The summed E-state index contributed by atoms with van der Waals surface area (Å²) in [5.41, 5.74) is 3.56. The van der Waals surface area contributed by atoms with Gasteiger partial charge >= 0.3 is 6.03 Å². The van der Waals surface area contributed by atoms with E-state index < -0.39 is 0 Å². The number of halogens is 1. The fourth-order valence-corrected chi connectivity index (χ4v) is 2.03. The van der Waals surface area contributed by atoms with E-state index in [1.165, 1.54) is 5.56 Å². The largest absolute Gasteiger partial charge is 0.323 e. The first-order valence-corrected chi connectivity index (χ1v) is 6.90. The van der Waals surface area contributed by atoms with Gasteiger partial charge in [-0.25, -0.2) is 4.79 Å². The SMILES string of the molecule is CCc1ccc(NC(=O)Nc2cccc(Cl)c2C)cc1. The van der Waals surface area contributed by atoms with Crippen molar-refractivity contribution in [1.82, 2.24) is 0 Å². The zero-order chi connectivity index (χ0) is 14.5. The van der Waals surface area contributed by atoms with Gasteiger partial charge in [-0.3, -0.25) is 0 Å². The molecule has 2 N–H and O–H groups in total. The Morgan fingerprint density at radius 3 is 2.45 bits per heavy atom. The number of anilines is 2. The number of rotatable bonds is 3. The monoisotopic (exact) mass is 288 g/mol. The fraction of sp³-hybridized carbons (Fsp3) is 0.188. The minimum atomic E-state index is -0.278. The second kappa shape index (κ2) is 6.44. The first-order chi connectivity index (χ1) is 9.60. The lowest BCUT2D eigenvalue weighted by atomic mass is 10.1. The number of carbonyl (C=O) groups is 1. The van der Waals surface area contributed by atoms with Gasteiger partial charge < -0.3 is 10.6 Å². The van der Waals surface area contributed by atoms with Gasteiger partial charge in [0, 0.05) is 16.4 Å². The number of nitrogens with one attached hydrogen (secondary N) is 2. The molecule has 0 aromatic heterocycles. The van der Waals surface area contributed by atoms with Crippen molar-refractivity contribution in [3.8, 4) is 0 Å². The summed E-state index contributed by atoms with van der Waals surface area (Å²) in [5.74, 6) is 0. The molecular weight excluding hydrogens is 272 g/mol. The molecule has 2 aromatic rings. The van der Waals surface area contributed by atoms with Crippen molar-refractivity contribution in [2.75, 3.05) is 10.6 Å². The minimum absolute atomic E-state index is 0.278. The maximum absolute atomic E-state index is 11.9. The molecule has 2 aromatic carbocycles. The maximum atomic E-state index is 11.9. The zero-order valence-electron chi connectivity index (χ0n) is 11.5. The average molecular weight is 289 g/mol. The van der Waals surface area contributed by atoms with Crippen LogP contribution < -0.4 is 10.6 Å². The molecule has 0 radical (unpaired) electrons. The standard InChI is InChI=1S/C16H17ClN2O/c1-3-12-7-9-13(10-8-12)18-16(20)19-15-6-4-5-14(17)11(15)2/h4-10H,3H2,1-2H3,(H2,18,19,20). The summed E-state index contributed by atoms with van der Waals surface area (Å²) in [6, 6.07) is 12.9. The lowest BCUT2D eigenvalue weighted by Crippen LogP contribution is -2.19. The molecule has 0 unspecified atom stereocenters. The van der Waals surface area contributed by atoms with Gasteiger partial charge in [-0.2, -0.15) is 0 Å². The summed E-state index contributed by atoms with van der Waals surface area (Å²) in [6.07, 6.45) is 0.980. The van der Waals surface area contributed by atoms with E-state index in [4.69, 9.17) is 11.6 Å². The molecule has 0 bridgehead atoms. The van der Waals surface area contributed by atoms with E-state index in [0.717, 1.165) is 17.7 Å². The molecule has 0 aliphatic carbocycles. The molecule has 3 nitrogen and oxygen atoms in total. The Balaban J connectivity index is 2.03. The molecule has 0 aliphatic rings. The van der Waals surface area contributed by atoms with Crippen LogP contribution >= 0.6 is 11.6 Å². The van der Waals surface area contributed by atoms with Crippen molar-refractivity contribution >= 4 is 29.0 Å². The van der Waals surface area contributed by atoms with Crippen LogP contribution in [0.25, 0.3) is 0 Å². The number of hydrogen-bond donors (Lipinski definition) is 2. The Bertz CT molecular complexity index is 608. The number of urea groups is 1. The van der Waals surface area contributed by atoms with E-state index in [1.54, 1.807) is 12.1 Å². The van der Waals surface area contributed by atoms with Gasteiger partial charge in [0.15, 0.2) is 0 Å². The van der Waals surface area contributed by atoms with Gasteiger partial charge in [0.25, 0.3) is 0 Å². The predicted molar refractivity (Wildman–Crippen MR) is 84.7 cm³/mol. The molecule has 2 amide bonds. The summed E-state index contributed by atoms with van der Waals surface area (Å²) in [7, 11) is 0. The first-order valence-electron chi connectivity index (χ1n) is 6.52. The first kappa shape index (κ1) is 14.4. The second-order valence-electron chi connectivity index (χ2n) is 4.54. The Morgan fingerprint density at radius 2 is 1.80 bits per heavy atom. The Kier molecular flexibility index (Phi) is 4.64. The van der Waals surface area contributed by atoms with E-state index in [2.05, 4.69) is 17.6 Å². The van der Waals surface area contributed by atoms with Crippen LogP contribution in [0.1, 0.15) is 18.1 Å². The number of amides is 2. The minimum Gasteiger partial charge on any atom is -0.308 e. The molecular formula is C16H17ClN2O. The second-order valence-corrected chi connectivity index (χ2v) is 4.95. The predicted octanol–water partition coefficient (Wildman–Crippen LogP) is 4.85. The Labute approximate surface area is 124 Å². The third-order valence-electron chi connectivity index (χ3n) is 3.14. The average Bonchev–Trinajstić information content (AvgIpc) is 2.45. The van der Waals surface area contributed by atoms with Crippen LogP contribution in [0.3, 0.4) is 0 Å². The third-order valence-corrected chi connectivity index (χ3v) is 3.55. The summed E-state index contributed by atoms with van der Waals surface area (Å²) in [5, 5.41) is 6.22. The number of hydrogen-bond acceptors (Lipinski definition) is 1. The van der Waals surface area contributed by atoms with Crippen molar-refractivity contribution in [3.05, 3.63) is 58.6 Å². The van der Waals surface area contributed by atoms with E-state index >= 15 is 0 Å². The molecule has 0 heterocycles. The van der Waals surface area contributed by atoms with E-state index in [-0.39, 0.29) is 6.03 Å². The van der Waals surface area contributed by atoms with Crippen molar-refractivity contribution in [2.24, 2.45) is 0 Å². The number of aryl methyl sites for hydroxylation is 1. The van der Waals surface area contributed by atoms with Gasteiger partial charge in [-0.05, 0) is 48.7 Å². The van der Waals surface area contributed by atoms with Crippen LogP contribution in [0.2, 0.25) is 5.02 Å². The summed E-state index contributed by atoms with van der Waals surface area (Å²) < 4.78 is 0. The van der Waals surface area contributed by atoms with Gasteiger partial charge in [0.05, 0.1) is 0 Å². The van der Waals surface area contributed by atoms with Crippen LogP contribution in [0.4, 0.5) is 16.2 Å². The van der Waals surface area contributed by atoms with Crippen molar-refractivity contribution in [2.45, 2.75) is 20.3 Å². The lowest BCUT2D eigenvalue weighted by Gasteiger charge is -2.11. The lowest BCUT2D eigenvalue weighted by molar-refractivity contribution is 0.262. The van der Waals surface area contributed by atoms with Gasteiger partial charge in [0.1, 0.15) is 0 Å². The Morgan fingerprint density at radius 1 is 1.10 bits per heavy atom. The molecule has 0 spiro atoms. The van der Waals surface area contributed by atoms with Gasteiger partial charge in [-0.1, -0.05) is 36.7 Å². The maximum Gasteiger partial charge on any atom is 0.323 e. The zero-order valence-corrected chi connectivity index (χ0v) is 12.3. The smallest absolute Gasteiger partial charge is 0.308 e. The highest BCUT2D eigenvalue weighted by atomic mass is 35.5. The third kappa shape index (κ3) is 3.52. The van der Waals surface area contributed by atoms with Crippen molar-refractivity contribution in [1.29, 1.82) is 0 Å².